The molecule has 1 atom stereocenters. The van der Waals surface area contributed by atoms with E-state index in [2.05, 4.69) is 10.6 Å². The van der Waals surface area contributed by atoms with Crippen LogP contribution >= 0.6 is 0 Å². The molecule has 10 nitrogen and oxygen atoms in total. The molecular formula is C38H50F3N3O7. The number of anilines is 1. The minimum Gasteiger partial charge on any atom is -0.444 e. The van der Waals surface area contributed by atoms with E-state index in [9.17, 15) is 27.6 Å². The van der Waals surface area contributed by atoms with Crippen molar-refractivity contribution in [2.45, 2.75) is 78.6 Å². The van der Waals surface area contributed by atoms with E-state index in [0.29, 0.717) is 43.8 Å². The number of morpholine rings is 1. The highest BCUT2D eigenvalue weighted by molar-refractivity contribution is 5.94. The number of nitrogens with zero attached hydrogens (tertiary/aromatic N) is 1. The highest BCUT2D eigenvalue weighted by Gasteiger charge is 2.27. The molecule has 3 aromatic carbocycles. The van der Waals surface area contributed by atoms with Gasteiger partial charge in [0.15, 0.2) is 0 Å². The van der Waals surface area contributed by atoms with Crippen LogP contribution in [0, 0.1) is 17.5 Å². The predicted molar refractivity (Wildman–Crippen MR) is 189 cm³/mol. The van der Waals surface area contributed by atoms with Gasteiger partial charge in [0, 0.05) is 17.8 Å². The molecule has 1 aliphatic rings. The Kier molecular flexibility index (Phi) is 16.9. The molecule has 51 heavy (non-hydrogen) atoms. The van der Waals surface area contributed by atoms with Gasteiger partial charge >= 0.3 is 12.2 Å². The maximum absolute atomic E-state index is 13.6. The molecule has 0 aromatic heterocycles. The third-order valence-corrected chi connectivity index (χ3v) is 6.77. The van der Waals surface area contributed by atoms with E-state index < -0.39 is 23.2 Å². The van der Waals surface area contributed by atoms with E-state index in [1.807, 2.05) is 20.8 Å². The minimum absolute atomic E-state index is 0.0701. The summed E-state index contributed by atoms with van der Waals surface area (Å²) in [4.78, 5) is 36.4. The number of carbonyl (C=O) groups excluding carboxylic acids is 3. The van der Waals surface area contributed by atoms with Crippen molar-refractivity contribution in [3.63, 3.8) is 0 Å². The van der Waals surface area contributed by atoms with Crippen molar-refractivity contribution in [2.24, 2.45) is 0 Å². The van der Waals surface area contributed by atoms with Crippen LogP contribution in [0.3, 0.4) is 0 Å². The lowest BCUT2D eigenvalue weighted by Gasteiger charge is -2.33. The molecule has 1 heterocycles. The van der Waals surface area contributed by atoms with Gasteiger partial charge in [-0.3, -0.25) is 4.79 Å². The Bertz CT molecular complexity index is 1500. The highest BCUT2D eigenvalue weighted by atomic mass is 19.1. The van der Waals surface area contributed by atoms with Gasteiger partial charge in [-0.05, 0) is 102 Å². The van der Waals surface area contributed by atoms with E-state index in [0.717, 1.165) is 11.1 Å². The topological polar surface area (TPSA) is 126 Å². The Morgan fingerprint density at radius 1 is 0.863 bits per heavy atom. The molecule has 1 fully saturated rings. The van der Waals surface area contributed by atoms with Crippen LogP contribution in [-0.2, 0) is 31.8 Å². The monoisotopic (exact) mass is 717 g/mol. The lowest BCUT2D eigenvalue weighted by Crippen LogP contribution is -2.48. The number of nitrogens with one attached hydrogen (secondary N) is 2. The number of aliphatic hydroxyl groups excluding tert-OH is 1. The summed E-state index contributed by atoms with van der Waals surface area (Å²) in [5.74, 6) is -1.28. The van der Waals surface area contributed by atoms with E-state index in [1.165, 1.54) is 36.4 Å². The second kappa shape index (κ2) is 20.3. The molecule has 0 aliphatic carbocycles. The minimum atomic E-state index is -0.674. The molecule has 3 N–H and O–H groups in total. The average molecular weight is 718 g/mol. The second-order valence-electron chi connectivity index (χ2n) is 13.6. The van der Waals surface area contributed by atoms with Crippen molar-refractivity contribution in [2.75, 3.05) is 38.2 Å². The summed E-state index contributed by atoms with van der Waals surface area (Å²) in [5.41, 5.74) is 1.77. The van der Waals surface area contributed by atoms with E-state index >= 15 is 0 Å². The third-order valence-electron chi connectivity index (χ3n) is 6.77. The van der Waals surface area contributed by atoms with Crippen molar-refractivity contribution in [1.82, 2.24) is 10.2 Å². The quantitative estimate of drug-likeness (QED) is 0.240. The van der Waals surface area contributed by atoms with Crippen LogP contribution < -0.4 is 10.6 Å². The number of benzene rings is 3. The summed E-state index contributed by atoms with van der Waals surface area (Å²) in [6.45, 7) is 13.5. The predicted octanol–water partition coefficient (Wildman–Crippen LogP) is 7.02. The second-order valence-corrected chi connectivity index (χ2v) is 13.6. The molecule has 0 bridgehead atoms. The van der Waals surface area contributed by atoms with Crippen LogP contribution in [0.15, 0.2) is 66.7 Å². The maximum atomic E-state index is 13.6. The Labute approximate surface area is 298 Å². The fraction of sp³-hybridized carbons (Fsp3) is 0.447. The molecule has 0 saturated carbocycles. The first-order valence-corrected chi connectivity index (χ1v) is 16.6. The van der Waals surface area contributed by atoms with Crippen LogP contribution in [0.4, 0.5) is 28.4 Å². The van der Waals surface area contributed by atoms with Gasteiger partial charge in [-0.2, -0.15) is 0 Å². The summed E-state index contributed by atoms with van der Waals surface area (Å²) in [6, 6.07) is 17.1. The number of hydrogen-bond acceptors (Lipinski definition) is 7. The van der Waals surface area contributed by atoms with E-state index in [1.54, 1.807) is 62.9 Å². The van der Waals surface area contributed by atoms with Crippen molar-refractivity contribution in [3.8, 4) is 0 Å². The Balaban J connectivity index is 0.000000271. The lowest BCUT2D eigenvalue weighted by molar-refractivity contribution is -0.115. The summed E-state index contributed by atoms with van der Waals surface area (Å²) in [6.07, 6.45) is -0.148. The molecule has 280 valence electrons. The zero-order chi connectivity index (χ0) is 38.2. The van der Waals surface area contributed by atoms with Gasteiger partial charge in [0.25, 0.3) is 0 Å². The van der Waals surface area contributed by atoms with Crippen LogP contribution in [-0.4, -0.2) is 78.3 Å². The van der Waals surface area contributed by atoms with Crippen molar-refractivity contribution < 1.29 is 46.9 Å². The van der Waals surface area contributed by atoms with Crippen molar-refractivity contribution >= 4 is 23.8 Å². The van der Waals surface area contributed by atoms with Crippen molar-refractivity contribution in [3.05, 3.63) is 101 Å². The van der Waals surface area contributed by atoms with Crippen LogP contribution in [0.25, 0.3) is 0 Å². The molecule has 3 amide bonds. The Hall–Kier alpha value is -4.62. The summed E-state index contributed by atoms with van der Waals surface area (Å²) in [7, 11) is 0. The highest BCUT2D eigenvalue weighted by Crippen LogP contribution is 2.19. The van der Waals surface area contributed by atoms with Gasteiger partial charge in [-0.1, -0.05) is 37.3 Å². The normalized spacial score (nSPS) is 14.2. The number of halogens is 3. The van der Waals surface area contributed by atoms with E-state index in [4.69, 9.17) is 19.3 Å². The number of rotatable bonds is 7. The largest absolute Gasteiger partial charge is 0.444 e. The fourth-order valence-electron chi connectivity index (χ4n) is 4.46. The van der Waals surface area contributed by atoms with Gasteiger partial charge < -0.3 is 34.9 Å². The number of ether oxygens (including phenoxy) is 3. The van der Waals surface area contributed by atoms with Crippen LogP contribution in [0.2, 0.25) is 0 Å². The first-order valence-electron chi connectivity index (χ1n) is 16.6. The molecule has 0 radical (unpaired) electrons. The number of alkyl carbamates (subject to hydrolysis) is 1. The maximum Gasteiger partial charge on any atom is 0.410 e. The molecular weight excluding hydrogens is 667 g/mol. The number of hydrogen-bond donors (Lipinski definition) is 3. The summed E-state index contributed by atoms with van der Waals surface area (Å²) >= 11 is 0. The van der Waals surface area contributed by atoms with Gasteiger partial charge in [-0.15, -0.1) is 0 Å². The Morgan fingerprint density at radius 3 is 1.90 bits per heavy atom. The smallest absolute Gasteiger partial charge is 0.410 e. The van der Waals surface area contributed by atoms with Crippen LogP contribution in [0.1, 0.15) is 65.2 Å². The molecule has 3 aromatic rings. The van der Waals surface area contributed by atoms with Gasteiger partial charge in [-0.25, -0.2) is 22.8 Å². The SMILES string of the molecule is CC(C)(C)OC(=O)N1CCOC(CO)C1.CCc1c(F)cccc1NC(=O)CNC(=O)OC(C)(C)C.Fc1ccc(Cc2ccc(F)cc2)cc1. The Morgan fingerprint density at radius 2 is 1.41 bits per heavy atom. The van der Waals surface area contributed by atoms with Gasteiger partial charge in [0.2, 0.25) is 5.91 Å². The zero-order valence-corrected chi connectivity index (χ0v) is 30.4. The molecule has 13 heteroatoms. The molecule has 0 spiro atoms. The zero-order valence-electron chi connectivity index (χ0n) is 30.4. The average Bonchev–Trinajstić information content (AvgIpc) is 3.05. The molecule has 4 rings (SSSR count). The van der Waals surface area contributed by atoms with Crippen LogP contribution in [0.5, 0.6) is 0 Å². The first kappa shape index (κ1) is 42.5. The lowest BCUT2D eigenvalue weighted by atomic mass is 10.1. The first-order chi connectivity index (χ1) is 23.9. The molecule has 1 saturated heterocycles. The summed E-state index contributed by atoms with van der Waals surface area (Å²) in [5, 5.41) is 13.8. The fourth-order valence-corrected chi connectivity index (χ4v) is 4.46. The molecule has 1 unspecified atom stereocenters. The number of aliphatic hydroxyl groups is 1. The number of carbonyl (C=O) groups is 3. The van der Waals surface area contributed by atoms with Gasteiger partial charge in [0.1, 0.15) is 35.2 Å². The number of amides is 3. The van der Waals surface area contributed by atoms with E-state index in [-0.39, 0.29) is 42.8 Å². The standard InChI is InChI=1S/C15H21FN2O3.C13H10F2.C10H19NO4/c1-5-10-11(16)7-6-8-12(10)18-13(19)9-17-14(20)21-15(2,3)4;14-12-5-1-10(2-6-12)9-11-3-7-13(15)8-4-11;1-10(2,3)15-9(13)11-4-5-14-8(6-11)7-12/h6-8H,5,9H2,1-4H3,(H,17,20)(H,18,19);1-8H,9H2;8,12H,4-7H2,1-3H3. The third kappa shape index (κ3) is 17.2. The van der Waals surface area contributed by atoms with Gasteiger partial charge in [0.05, 0.1) is 25.9 Å². The summed E-state index contributed by atoms with van der Waals surface area (Å²) < 4.78 is 54.3. The molecule has 1 aliphatic heterocycles. The van der Waals surface area contributed by atoms with Crippen molar-refractivity contribution in [1.29, 1.82) is 0 Å².